The predicted molar refractivity (Wildman–Crippen MR) is 115 cm³/mol. The van der Waals surface area contributed by atoms with Crippen molar-refractivity contribution in [1.29, 1.82) is 0 Å². The molecule has 5 nitrogen and oxygen atoms in total. The molecule has 1 fully saturated rings. The Morgan fingerprint density at radius 1 is 1.37 bits per heavy atom. The zero-order valence-electron chi connectivity index (χ0n) is 18.0. The van der Waals surface area contributed by atoms with Gasteiger partial charge in [0.25, 0.3) is 0 Å². The summed E-state index contributed by atoms with van der Waals surface area (Å²) in [4.78, 5) is 16.6. The summed E-state index contributed by atoms with van der Waals surface area (Å²) in [5, 5.41) is 10.4. The van der Waals surface area contributed by atoms with Crippen molar-refractivity contribution < 1.29 is 14.6 Å². The second-order valence-electron chi connectivity index (χ2n) is 7.50. The number of piperidine rings is 1. The van der Waals surface area contributed by atoms with Crippen LogP contribution in [0.4, 0.5) is 0 Å². The third-order valence-electron chi connectivity index (χ3n) is 4.49. The van der Waals surface area contributed by atoms with E-state index in [4.69, 9.17) is 4.74 Å². The van der Waals surface area contributed by atoms with Crippen LogP contribution in [0.5, 0.6) is 0 Å². The number of aliphatic hydroxyl groups is 1. The molecule has 1 aliphatic rings. The van der Waals surface area contributed by atoms with Crippen molar-refractivity contribution in [2.24, 2.45) is 5.92 Å². The Morgan fingerprint density at radius 3 is 2.33 bits per heavy atom. The van der Waals surface area contributed by atoms with E-state index in [1.54, 1.807) is 12.0 Å². The van der Waals surface area contributed by atoms with Gasteiger partial charge >= 0.3 is 0 Å². The Hall–Kier alpha value is -0.980. The number of carbonyl (C=O) groups is 1. The van der Waals surface area contributed by atoms with Crippen molar-refractivity contribution in [3.8, 4) is 0 Å². The van der Waals surface area contributed by atoms with Gasteiger partial charge in [-0.05, 0) is 86.0 Å². The fourth-order valence-electron chi connectivity index (χ4n) is 2.56. The highest BCUT2D eigenvalue weighted by molar-refractivity contribution is 9.10. The van der Waals surface area contributed by atoms with Crippen LogP contribution in [0.2, 0.25) is 0 Å². The highest BCUT2D eigenvalue weighted by atomic mass is 79.9. The van der Waals surface area contributed by atoms with E-state index in [0.29, 0.717) is 6.42 Å². The van der Waals surface area contributed by atoms with Crippen LogP contribution in [0.25, 0.3) is 0 Å². The zero-order chi connectivity index (χ0) is 21.0. The van der Waals surface area contributed by atoms with Crippen LogP contribution < -0.4 is 0 Å². The maximum absolute atomic E-state index is 10.7. The minimum atomic E-state index is -0.346. The zero-order valence-corrected chi connectivity index (χ0v) is 19.5. The van der Waals surface area contributed by atoms with E-state index in [1.807, 2.05) is 53.8 Å². The van der Waals surface area contributed by atoms with Crippen molar-refractivity contribution in [2.75, 3.05) is 20.2 Å². The van der Waals surface area contributed by atoms with Gasteiger partial charge in [-0.2, -0.15) is 0 Å². The molecule has 1 aromatic heterocycles. The highest BCUT2D eigenvalue weighted by Gasteiger charge is 2.25. The molecule has 1 amide bonds. The Balaban J connectivity index is 0.000000722. The molecule has 27 heavy (non-hydrogen) atoms. The van der Waals surface area contributed by atoms with Crippen molar-refractivity contribution in [3.05, 3.63) is 28.0 Å². The van der Waals surface area contributed by atoms with Gasteiger partial charge in [-0.3, -0.25) is 4.79 Å². The summed E-state index contributed by atoms with van der Waals surface area (Å²) >= 11 is 3.36. The lowest BCUT2D eigenvalue weighted by Crippen LogP contribution is -2.37. The molecule has 156 valence electrons. The van der Waals surface area contributed by atoms with Crippen LogP contribution in [0.15, 0.2) is 16.9 Å². The molecular weight excluding hydrogens is 408 g/mol. The lowest BCUT2D eigenvalue weighted by Gasteiger charge is -2.32. The number of carbonyl (C=O) groups excluding carboxylic acids is 1. The molecule has 1 unspecified atom stereocenters. The fraction of sp³-hybridized carbons (Fsp3) is 0.714. The lowest BCUT2D eigenvalue weighted by atomic mass is 9.87. The van der Waals surface area contributed by atoms with Crippen molar-refractivity contribution in [1.82, 2.24) is 9.88 Å². The average Bonchev–Trinajstić information content (AvgIpc) is 2.66. The van der Waals surface area contributed by atoms with Gasteiger partial charge in [0, 0.05) is 26.4 Å². The molecule has 0 aliphatic carbocycles. The molecule has 0 saturated carbocycles. The van der Waals surface area contributed by atoms with E-state index in [0.717, 1.165) is 48.1 Å². The second-order valence-corrected chi connectivity index (χ2v) is 8.31. The van der Waals surface area contributed by atoms with E-state index < -0.39 is 0 Å². The number of nitrogens with zero attached hydrogens (tertiary/aromatic N) is 2. The van der Waals surface area contributed by atoms with Crippen LogP contribution in [-0.2, 0) is 16.0 Å². The summed E-state index contributed by atoms with van der Waals surface area (Å²) in [6, 6.07) is 1.97. The fourth-order valence-corrected chi connectivity index (χ4v) is 2.94. The van der Waals surface area contributed by atoms with Crippen LogP contribution in [0.1, 0.15) is 58.6 Å². The molecule has 6 heteroatoms. The number of aryl methyl sites for hydroxylation is 1. The third kappa shape index (κ3) is 10.8. The van der Waals surface area contributed by atoms with Crippen LogP contribution >= 0.6 is 15.9 Å². The molecular formula is C21H37BrN2O3. The van der Waals surface area contributed by atoms with Gasteiger partial charge < -0.3 is 14.7 Å². The largest absolute Gasteiger partial charge is 0.392 e. The number of hydrogen-bond donors (Lipinski definition) is 1. The smallest absolute Gasteiger partial charge is 0.209 e. The first-order chi connectivity index (χ1) is 12.7. The van der Waals surface area contributed by atoms with Crippen molar-refractivity contribution in [3.63, 3.8) is 0 Å². The highest BCUT2D eigenvalue weighted by Crippen LogP contribution is 2.24. The normalized spacial score (nSPS) is 15.8. The van der Waals surface area contributed by atoms with Gasteiger partial charge in [-0.1, -0.05) is 13.8 Å². The topological polar surface area (TPSA) is 62.7 Å². The average molecular weight is 445 g/mol. The number of aromatic nitrogens is 1. The van der Waals surface area contributed by atoms with Crippen LogP contribution in [-0.4, -0.2) is 53.3 Å². The van der Waals surface area contributed by atoms with Crippen LogP contribution in [0, 0.1) is 12.8 Å². The summed E-state index contributed by atoms with van der Waals surface area (Å²) in [5.74, 6) is 0.280. The summed E-state index contributed by atoms with van der Waals surface area (Å²) in [5.41, 5.74) is 2.28. The Labute approximate surface area is 173 Å². The predicted octanol–water partition coefficient (Wildman–Crippen LogP) is 4.38. The van der Waals surface area contributed by atoms with Gasteiger partial charge in [-0.15, -0.1) is 0 Å². The molecule has 1 atom stereocenters. The number of rotatable bonds is 4. The molecule has 1 N–H and O–H groups in total. The number of amides is 1. The van der Waals surface area contributed by atoms with Crippen LogP contribution in [0.3, 0.4) is 0 Å². The quantitative estimate of drug-likeness (QED) is 0.552. The van der Waals surface area contributed by atoms with Gasteiger partial charge in [-0.25, -0.2) is 4.98 Å². The molecule has 2 rings (SSSR count). The SMILES string of the molecule is CC.COC(C)(C)C.Cc1cnc(Br)cc1CC(O)C1CCN(C=O)CC1. The molecule has 1 aliphatic heterocycles. The second kappa shape index (κ2) is 13.2. The number of likely N-dealkylation sites (tertiary alicyclic amines) is 1. The number of hydrogen-bond acceptors (Lipinski definition) is 4. The van der Waals surface area contributed by atoms with Gasteiger partial charge in [0.2, 0.25) is 6.41 Å². The Bertz CT molecular complexity index is 539. The summed E-state index contributed by atoms with van der Waals surface area (Å²) in [6.07, 6.45) is 4.78. The molecule has 2 heterocycles. The number of ether oxygens (including phenoxy) is 1. The maximum Gasteiger partial charge on any atom is 0.209 e. The molecule has 0 spiro atoms. The number of pyridine rings is 1. The maximum atomic E-state index is 10.7. The first-order valence-electron chi connectivity index (χ1n) is 9.70. The lowest BCUT2D eigenvalue weighted by molar-refractivity contribution is -0.119. The first-order valence-corrected chi connectivity index (χ1v) is 10.5. The Morgan fingerprint density at radius 2 is 1.89 bits per heavy atom. The molecule has 0 aromatic carbocycles. The standard InChI is InChI=1S/C14H19BrN2O2.C5H12O.C2H6/c1-10-8-16-14(15)7-12(10)6-13(19)11-2-4-17(9-18)5-3-11;1-5(2,3)6-4;1-2/h7-9,11,13,19H,2-6H2,1H3;1-4H3;1-2H3. The van der Waals surface area contributed by atoms with Gasteiger partial charge in [0.15, 0.2) is 0 Å². The van der Waals surface area contributed by atoms with E-state index >= 15 is 0 Å². The first kappa shape index (κ1) is 26.0. The van der Waals surface area contributed by atoms with E-state index in [9.17, 15) is 9.90 Å². The van der Waals surface area contributed by atoms with Gasteiger partial charge in [0.1, 0.15) is 4.60 Å². The Kier molecular flexibility index (Phi) is 12.8. The molecule has 0 bridgehead atoms. The van der Waals surface area contributed by atoms with E-state index in [1.165, 1.54) is 0 Å². The summed E-state index contributed by atoms with van der Waals surface area (Å²) in [6.45, 7) is 13.6. The van der Waals surface area contributed by atoms with E-state index in [-0.39, 0.29) is 17.6 Å². The number of methoxy groups -OCH3 is 1. The van der Waals surface area contributed by atoms with Crippen molar-refractivity contribution in [2.45, 2.75) is 72.5 Å². The van der Waals surface area contributed by atoms with E-state index in [2.05, 4.69) is 20.9 Å². The third-order valence-corrected chi connectivity index (χ3v) is 4.92. The minimum Gasteiger partial charge on any atom is -0.392 e. The van der Waals surface area contributed by atoms with Gasteiger partial charge in [0.05, 0.1) is 11.7 Å². The molecule has 1 saturated heterocycles. The molecule has 0 radical (unpaired) electrons. The van der Waals surface area contributed by atoms with Crippen molar-refractivity contribution >= 4 is 22.3 Å². The number of aliphatic hydroxyl groups excluding tert-OH is 1. The number of halogens is 1. The summed E-state index contributed by atoms with van der Waals surface area (Å²) in [7, 11) is 1.71. The monoisotopic (exact) mass is 444 g/mol. The minimum absolute atomic E-state index is 0.0417. The molecule has 1 aromatic rings. The summed E-state index contributed by atoms with van der Waals surface area (Å²) < 4.78 is 5.74.